The third-order valence-electron chi connectivity index (χ3n) is 5.77. The van der Waals surface area contributed by atoms with Gasteiger partial charge in [-0.2, -0.15) is 0 Å². The molecule has 194 valence electrons. The van der Waals surface area contributed by atoms with Gasteiger partial charge in [0.15, 0.2) is 5.43 Å². The van der Waals surface area contributed by atoms with Crippen molar-refractivity contribution >= 4 is 34.3 Å². The summed E-state index contributed by atoms with van der Waals surface area (Å²) < 4.78 is 22.4. The summed E-state index contributed by atoms with van der Waals surface area (Å²) in [6.07, 6.45) is 0. The minimum atomic E-state index is -0.683. The number of nitrogens with two attached hydrogens (primary N) is 2. The van der Waals surface area contributed by atoms with E-state index >= 15 is 0 Å². The molecule has 0 aliphatic carbocycles. The largest absolute Gasteiger partial charge is 0.497 e. The maximum absolute atomic E-state index is 12.8. The Morgan fingerprint density at radius 2 is 1.28 bits per heavy atom. The van der Waals surface area contributed by atoms with Gasteiger partial charge in [-0.25, -0.2) is 9.59 Å². The zero-order valence-electron chi connectivity index (χ0n) is 20.7. The van der Waals surface area contributed by atoms with E-state index in [0.29, 0.717) is 28.1 Å². The Labute approximate surface area is 222 Å². The molecule has 0 radical (unpaired) electrons. The maximum Gasteiger partial charge on any atom is 0.343 e. The van der Waals surface area contributed by atoms with Gasteiger partial charge in [-0.1, -0.05) is 12.1 Å². The van der Waals surface area contributed by atoms with Crippen LogP contribution in [0.15, 0.2) is 100 Å². The second-order valence-corrected chi connectivity index (χ2v) is 8.56. The molecule has 0 unspecified atom stereocenters. The first-order valence-electron chi connectivity index (χ1n) is 11.7. The number of methoxy groups -OCH3 is 1. The van der Waals surface area contributed by atoms with E-state index in [2.05, 4.69) is 0 Å². The van der Waals surface area contributed by atoms with Crippen LogP contribution in [0.3, 0.4) is 0 Å². The van der Waals surface area contributed by atoms with E-state index in [1.165, 1.54) is 43.5 Å². The van der Waals surface area contributed by atoms with E-state index in [-0.39, 0.29) is 39.4 Å². The van der Waals surface area contributed by atoms with Crippen LogP contribution in [0.2, 0.25) is 0 Å². The van der Waals surface area contributed by atoms with E-state index < -0.39 is 11.9 Å². The normalized spacial score (nSPS) is 10.7. The molecule has 9 heteroatoms. The summed E-state index contributed by atoms with van der Waals surface area (Å²) in [5.74, 6) is -0.616. The van der Waals surface area contributed by atoms with Gasteiger partial charge in [0.1, 0.15) is 28.6 Å². The number of rotatable bonds is 6. The minimum Gasteiger partial charge on any atom is -0.497 e. The number of esters is 2. The van der Waals surface area contributed by atoms with Gasteiger partial charge in [0.25, 0.3) is 0 Å². The third kappa shape index (κ3) is 5.57. The van der Waals surface area contributed by atoms with Crippen LogP contribution >= 0.6 is 0 Å². The monoisotopic (exact) mass is 522 g/mol. The Kier molecular flexibility index (Phi) is 6.71. The molecule has 0 amide bonds. The standard InChI is InChI=1S/C30H22N2O7/c1-36-22-8-9-25-26(33)16-27(39-28(25)15-22)19-12-23(37-29(34)17-4-2-6-20(31)10-17)14-24(13-19)38-30(35)18-5-3-7-21(32)11-18/h2-16H,31-32H2,1H3. The van der Waals surface area contributed by atoms with Crippen molar-refractivity contribution in [2.75, 3.05) is 18.6 Å². The van der Waals surface area contributed by atoms with Crippen LogP contribution in [-0.2, 0) is 0 Å². The molecule has 0 saturated heterocycles. The highest BCUT2D eigenvalue weighted by molar-refractivity contribution is 5.93. The minimum absolute atomic E-state index is 0.0451. The quantitative estimate of drug-likeness (QED) is 0.177. The molecule has 4 N–H and O–H groups in total. The Bertz CT molecular complexity index is 1710. The number of nitrogen functional groups attached to an aromatic ring is 2. The fourth-order valence-corrected chi connectivity index (χ4v) is 3.90. The number of benzene rings is 4. The lowest BCUT2D eigenvalue weighted by Crippen LogP contribution is -2.11. The highest BCUT2D eigenvalue weighted by atomic mass is 16.5. The number of carbonyl (C=O) groups is 2. The van der Waals surface area contributed by atoms with Crippen molar-refractivity contribution in [3.8, 4) is 28.6 Å². The van der Waals surface area contributed by atoms with E-state index in [1.807, 2.05) is 0 Å². The summed E-state index contributed by atoms with van der Waals surface area (Å²) in [7, 11) is 1.50. The number of hydrogen-bond donors (Lipinski definition) is 2. The van der Waals surface area contributed by atoms with Crippen molar-refractivity contribution in [3.63, 3.8) is 0 Å². The lowest BCUT2D eigenvalue weighted by Gasteiger charge is -2.12. The highest BCUT2D eigenvalue weighted by Gasteiger charge is 2.17. The number of hydrogen-bond acceptors (Lipinski definition) is 9. The molecule has 0 fully saturated rings. The lowest BCUT2D eigenvalue weighted by molar-refractivity contribution is 0.0733. The zero-order valence-corrected chi connectivity index (χ0v) is 20.7. The first-order valence-corrected chi connectivity index (χ1v) is 11.7. The maximum atomic E-state index is 12.8. The number of anilines is 2. The Morgan fingerprint density at radius 1 is 0.692 bits per heavy atom. The van der Waals surface area contributed by atoms with Crippen LogP contribution in [0, 0.1) is 0 Å². The molecule has 0 bridgehead atoms. The SMILES string of the molecule is COc1ccc2c(=O)cc(-c3cc(OC(=O)c4cccc(N)c4)cc(OC(=O)c4cccc(N)c4)c3)oc2c1. The van der Waals surface area contributed by atoms with Gasteiger partial charge in [0.2, 0.25) is 0 Å². The van der Waals surface area contributed by atoms with Crippen LogP contribution in [0.25, 0.3) is 22.3 Å². The van der Waals surface area contributed by atoms with E-state index in [4.69, 9.17) is 30.1 Å². The topological polar surface area (TPSA) is 144 Å². The van der Waals surface area contributed by atoms with Gasteiger partial charge in [0, 0.05) is 35.1 Å². The van der Waals surface area contributed by atoms with Gasteiger partial charge in [-0.05, 0) is 60.7 Å². The van der Waals surface area contributed by atoms with Crippen LogP contribution < -0.4 is 31.1 Å². The molecule has 0 aliphatic rings. The van der Waals surface area contributed by atoms with Gasteiger partial charge in [-0.15, -0.1) is 0 Å². The molecule has 9 nitrogen and oxygen atoms in total. The van der Waals surface area contributed by atoms with Crippen LogP contribution in [0.5, 0.6) is 17.2 Å². The van der Waals surface area contributed by atoms with Gasteiger partial charge >= 0.3 is 11.9 Å². The molecule has 0 spiro atoms. The van der Waals surface area contributed by atoms with E-state index in [1.54, 1.807) is 54.6 Å². The molecule has 5 aromatic rings. The molecule has 1 heterocycles. The smallest absolute Gasteiger partial charge is 0.343 e. The Morgan fingerprint density at radius 3 is 1.82 bits per heavy atom. The van der Waals surface area contributed by atoms with Crippen molar-refractivity contribution < 1.29 is 28.2 Å². The third-order valence-corrected chi connectivity index (χ3v) is 5.77. The molecule has 0 saturated carbocycles. The summed E-state index contributed by atoms with van der Waals surface area (Å²) in [5.41, 5.74) is 13.1. The fourth-order valence-electron chi connectivity index (χ4n) is 3.90. The zero-order chi connectivity index (χ0) is 27.5. The Balaban J connectivity index is 1.57. The predicted octanol–water partition coefficient (Wildman–Crippen LogP) is 5.07. The van der Waals surface area contributed by atoms with Crippen LogP contribution in [0.1, 0.15) is 20.7 Å². The van der Waals surface area contributed by atoms with Crippen molar-refractivity contribution in [3.05, 3.63) is 112 Å². The first-order chi connectivity index (χ1) is 18.8. The fraction of sp³-hybridized carbons (Fsp3) is 0.0333. The average molecular weight is 523 g/mol. The first kappa shape index (κ1) is 25.1. The molecule has 1 aromatic heterocycles. The van der Waals surface area contributed by atoms with Gasteiger partial charge in [-0.3, -0.25) is 4.79 Å². The number of carbonyl (C=O) groups excluding carboxylic acids is 2. The van der Waals surface area contributed by atoms with Crippen molar-refractivity contribution in [2.24, 2.45) is 0 Å². The molecular weight excluding hydrogens is 500 g/mol. The summed E-state index contributed by atoms with van der Waals surface area (Å²) >= 11 is 0. The van der Waals surface area contributed by atoms with Crippen LogP contribution in [0.4, 0.5) is 11.4 Å². The Hall–Kier alpha value is -5.57. The van der Waals surface area contributed by atoms with E-state index in [0.717, 1.165) is 0 Å². The van der Waals surface area contributed by atoms with Gasteiger partial charge < -0.3 is 30.1 Å². The highest BCUT2D eigenvalue weighted by Crippen LogP contribution is 2.32. The van der Waals surface area contributed by atoms with Crippen molar-refractivity contribution in [1.29, 1.82) is 0 Å². The lowest BCUT2D eigenvalue weighted by atomic mass is 10.1. The number of ether oxygens (including phenoxy) is 3. The van der Waals surface area contributed by atoms with Gasteiger partial charge in [0.05, 0.1) is 23.6 Å². The molecule has 0 atom stereocenters. The second-order valence-electron chi connectivity index (χ2n) is 8.56. The van der Waals surface area contributed by atoms with E-state index in [9.17, 15) is 14.4 Å². The van der Waals surface area contributed by atoms with Crippen molar-refractivity contribution in [1.82, 2.24) is 0 Å². The summed E-state index contributed by atoms with van der Waals surface area (Å²) in [5, 5.41) is 0.358. The molecule has 0 aliphatic heterocycles. The summed E-state index contributed by atoms with van der Waals surface area (Å²) in [6.45, 7) is 0. The molecule has 4 aromatic carbocycles. The predicted molar refractivity (Wildman–Crippen MR) is 146 cm³/mol. The molecular formula is C30H22N2O7. The number of fused-ring (bicyclic) bond motifs is 1. The average Bonchev–Trinajstić information content (AvgIpc) is 2.92. The summed E-state index contributed by atoms with van der Waals surface area (Å²) in [4.78, 5) is 38.5. The second kappa shape index (κ2) is 10.4. The molecule has 5 rings (SSSR count). The summed E-state index contributed by atoms with van der Waals surface area (Å²) in [6, 6.07) is 23.1. The van der Waals surface area contributed by atoms with Crippen molar-refractivity contribution in [2.45, 2.75) is 0 Å². The van der Waals surface area contributed by atoms with Crippen LogP contribution in [-0.4, -0.2) is 19.0 Å². The molecule has 39 heavy (non-hydrogen) atoms.